The zero-order chi connectivity index (χ0) is 16.0. The van der Waals surface area contributed by atoms with E-state index >= 15 is 0 Å². The zero-order valence-corrected chi connectivity index (χ0v) is 15.0. The van der Waals surface area contributed by atoms with E-state index in [4.69, 9.17) is 9.47 Å². The molecule has 2 aromatic rings. The highest BCUT2D eigenvalue weighted by atomic mass is 79.9. The summed E-state index contributed by atoms with van der Waals surface area (Å²) in [6.45, 7) is 2.01. The molecule has 1 saturated heterocycles. The summed E-state index contributed by atoms with van der Waals surface area (Å²) in [5.41, 5.74) is 2.11. The average molecular weight is 374 g/mol. The van der Waals surface area contributed by atoms with Crippen LogP contribution in [0.4, 0.5) is 0 Å². The molecule has 4 rings (SSSR count). The summed E-state index contributed by atoms with van der Waals surface area (Å²) in [5, 5.41) is 0. The molecular weight excluding hydrogens is 354 g/mol. The van der Waals surface area contributed by atoms with E-state index in [1.807, 2.05) is 18.2 Å². The molecule has 3 nitrogen and oxygen atoms in total. The Bertz CT molecular complexity index is 748. The highest BCUT2D eigenvalue weighted by Crippen LogP contribution is 2.56. The Hall–Kier alpha value is -1.52. The van der Waals surface area contributed by atoms with Crippen LogP contribution in [0.1, 0.15) is 23.5 Å². The monoisotopic (exact) mass is 373 g/mol. The molecule has 2 aliphatic rings. The van der Waals surface area contributed by atoms with E-state index in [0.29, 0.717) is 5.92 Å². The van der Waals surface area contributed by atoms with E-state index in [2.05, 4.69) is 52.1 Å². The smallest absolute Gasteiger partial charge is 0.147 e. The second-order valence-electron chi connectivity index (χ2n) is 6.44. The number of fused-ring (bicyclic) bond motifs is 3. The summed E-state index contributed by atoms with van der Waals surface area (Å²) in [4.78, 5) is 2.39. The number of hydrogen-bond donors (Lipinski definition) is 0. The lowest BCUT2D eigenvalue weighted by atomic mass is 9.74. The van der Waals surface area contributed by atoms with Crippen LogP contribution in [0.15, 0.2) is 46.9 Å². The van der Waals surface area contributed by atoms with Gasteiger partial charge >= 0.3 is 0 Å². The van der Waals surface area contributed by atoms with E-state index < -0.39 is 0 Å². The van der Waals surface area contributed by atoms with E-state index in [1.54, 1.807) is 7.11 Å². The quantitative estimate of drug-likeness (QED) is 0.788. The first-order valence-electron chi connectivity index (χ1n) is 7.94. The number of methoxy groups -OCH3 is 1. The predicted octanol–water partition coefficient (Wildman–Crippen LogP) is 4.16. The minimum atomic E-state index is -0.342. The summed E-state index contributed by atoms with van der Waals surface area (Å²) in [7, 11) is 3.92. The standard InChI is InChI=1S/C19H20BrNO2/c1-21-10-9-19(15-11-13(20)7-8-18(15)22-2)16(12-21)14-5-3-4-6-17(14)23-19/h3-8,11,16H,9-10,12H2,1-2H3. The number of rotatable bonds is 2. The Morgan fingerprint density at radius 1 is 1.26 bits per heavy atom. The second kappa shape index (κ2) is 5.53. The van der Waals surface area contributed by atoms with Crippen molar-refractivity contribution in [3.05, 3.63) is 58.1 Å². The molecular formula is C19H20BrNO2. The molecule has 0 saturated carbocycles. The molecule has 23 heavy (non-hydrogen) atoms. The van der Waals surface area contributed by atoms with Crippen LogP contribution in [0.5, 0.6) is 11.5 Å². The number of nitrogens with zero attached hydrogens (tertiary/aromatic N) is 1. The number of ether oxygens (including phenoxy) is 2. The van der Waals surface area contributed by atoms with Crippen LogP contribution in [0.2, 0.25) is 0 Å². The van der Waals surface area contributed by atoms with Gasteiger partial charge in [-0.05, 0) is 31.3 Å². The highest BCUT2D eigenvalue weighted by molar-refractivity contribution is 9.10. The molecule has 2 unspecified atom stereocenters. The van der Waals surface area contributed by atoms with Crippen molar-refractivity contribution in [3.63, 3.8) is 0 Å². The van der Waals surface area contributed by atoms with E-state index in [1.165, 1.54) is 5.56 Å². The number of para-hydroxylation sites is 1. The molecule has 2 atom stereocenters. The third kappa shape index (κ3) is 2.27. The minimum Gasteiger partial charge on any atom is -0.496 e. The number of likely N-dealkylation sites (N-methyl/N-ethyl adjacent to an activating group) is 1. The van der Waals surface area contributed by atoms with Gasteiger partial charge in [-0.3, -0.25) is 0 Å². The van der Waals surface area contributed by atoms with E-state index in [9.17, 15) is 0 Å². The van der Waals surface area contributed by atoms with E-state index in [0.717, 1.165) is 41.0 Å². The van der Waals surface area contributed by atoms with Crippen molar-refractivity contribution in [1.29, 1.82) is 0 Å². The third-order valence-electron chi connectivity index (χ3n) is 5.13. The summed E-state index contributed by atoms with van der Waals surface area (Å²) in [6, 6.07) is 14.6. The van der Waals surface area contributed by atoms with Gasteiger partial charge in [0.15, 0.2) is 0 Å². The maximum absolute atomic E-state index is 6.60. The van der Waals surface area contributed by atoms with Crippen molar-refractivity contribution in [3.8, 4) is 11.5 Å². The summed E-state index contributed by atoms with van der Waals surface area (Å²) >= 11 is 3.61. The molecule has 0 spiro atoms. The van der Waals surface area contributed by atoms with Crippen molar-refractivity contribution in [1.82, 2.24) is 4.90 Å². The number of benzene rings is 2. The molecule has 0 aliphatic carbocycles. The topological polar surface area (TPSA) is 21.7 Å². The molecule has 0 bridgehead atoms. The van der Waals surface area contributed by atoms with Crippen molar-refractivity contribution in [2.24, 2.45) is 0 Å². The molecule has 0 amide bonds. The minimum absolute atomic E-state index is 0.320. The highest BCUT2D eigenvalue weighted by Gasteiger charge is 2.53. The van der Waals surface area contributed by atoms with Gasteiger partial charge in [-0.2, -0.15) is 0 Å². The van der Waals surface area contributed by atoms with Crippen LogP contribution >= 0.6 is 15.9 Å². The first kappa shape index (κ1) is 15.0. The Kier molecular flexibility index (Phi) is 3.62. The van der Waals surface area contributed by atoms with Crippen LogP contribution in [-0.2, 0) is 5.60 Å². The van der Waals surface area contributed by atoms with Gasteiger partial charge in [0.25, 0.3) is 0 Å². The molecule has 120 valence electrons. The normalized spacial score (nSPS) is 26.3. The van der Waals surface area contributed by atoms with Gasteiger partial charge in [0.1, 0.15) is 17.1 Å². The van der Waals surface area contributed by atoms with Crippen molar-refractivity contribution in [2.45, 2.75) is 17.9 Å². The van der Waals surface area contributed by atoms with Crippen LogP contribution in [-0.4, -0.2) is 32.1 Å². The number of hydrogen-bond acceptors (Lipinski definition) is 3. The summed E-state index contributed by atoms with van der Waals surface area (Å²) < 4.78 is 13.3. The molecule has 4 heteroatoms. The zero-order valence-electron chi connectivity index (χ0n) is 13.4. The molecule has 2 heterocycles. The van der Waals surface area contributed by atoms with Crippen LogP contribution in [0.3, 0.4) is 0 Å². The predicted molar refractivity (Wildman–Crippen MR) is 94.3 cm³/mol. The maximum Gasteiger partial charge on any atom is 0.147 e. The summed E-state index contributed by atoms with van der Waals surface area (Å²) in [5.74, 6) is 2.23. The Balaban J connectivity index is 1.90. The van der Waals surface area contributed by atoms with Gasteiger partial charge in [-0.1, -0.05) is 34.1 Å². The maximum atomic E-state index is 6.60. The van der Waals surface area contributed by atoms with Gasteiger partial charge in [-0.25, -0.2) is 0 Å². The van der Waals surface area contributed by atoms with Crippen molar-refractivity contribution < 1.29 is 9.47 Å². The Morgan fingerprint density at radius 2 is 2.09 bits per heavy atom. The van der Waals surface area contributed by atoms with Gasteiger partial charge < -0.3 is 14.4 Å². The average Bonchev–Trinajstić information content (AvgIpc) is 2.90. The third-order valence-corrected chi connectivity index (χ3v) is 5.62. The number of likely N-dealkylation sites (tertiary alicyclic amines) is 1. The van der Waals surface area contributed by atoms with Gasteiger partial charge in [0.05, 0.1) is 7.11 Å². The van der Waals surface area contributed by atoms with Crippen LogP contribution in [0, 0.1) is 0 Å². The lowest BCUT2D eigenvalue weighted by molar-refractivity contribution is 0.00516. The number of halogens is 1. The molecule has 0 radical (unpaired) electrons. The lowest BCUT2D eigenvalue weighted by Gasteiger charge is -2.42. The van der Waals surface area contributed by atoms with Crippen molar-refractivity contribution in [2.75, 3.05) is 27.2 Å². The number of piperidine rings is 1. The fourth-order valence-corrected chi connectivity index (χ4v) is 4.36. The summed E-state index contributed by atoms with van der Waals surface area (Å²) in [6.07, 6.45) is 0.954. The Labute approximate surface area is 145 Å². The lowest BCUT2D eigenvalue weighted by Crippen LogP contribution is -2.47. The molecule has 2 aromatic carbocycles. The fourth-order valence-electron chi connectivity index (χ4n) is 4.00. The first-order chi connectivity index (χ1) is 11.1. The fraction of sp³-hybridized carbons (Fsp3) is 0.368. The van der Waals surface area contributed by atoms with Crippen LogP contribution in [0.25, 0.3) is 0 Å². The van der Waals surface area contributed by atoms with Gasteiger partial charge in [0, 0.05) is 41.0 Å². The molecule has 2 aliphatic heterocycles. The second-order valence-corrected chi connectivity index (χ2v) is 7.35. The van der Waals surface area contributed by atoms with Crippen LogP contribution < -0.4 is 9.47 Å². The SMILES string of the molecule is COc1ccc(Br)cc1C12CCN(C)CC1c1ccccc1O2. The molecule has 1 fully saturated rings. The molecule has 0 N–H and O–H groups in total. The van der Waals surface area contributed by atoms with Gasteiger partial charge in [-0.15, -0.1) is 0 Å². The first-order valence-corrected chi connectivity index (χ1v) is 8.74. The molecule has 0 aromatic heterocycles. The van der Waals surface area contributed by atoms with Crippen molar-refractivity contribution >= 4 is 15.9 Å². The van der Waals surface area contributed by atoms with Gasteiger partial charge in [0.2, 0.25) is 0 Å². The largest absolute Gasteiger partial charge is 0.496 e. The van der Waals surface area contributed by atoms with E-state index in [-0.39, 0.29) is 5.60 Å². The Morgan fingerprint density at radius 3 is 2.91 bits per heavy atom.